The molecule has 1 fully saturated rings. The van der Waals surface area contributed by atoms with E-state index in [1.54, 1.807) is 50.3 Å². The van der Waals surface area contributed by atoms with Crippen molar-refractivity contribution in [2.45, 2.75) is 229 Å². The van der Waals surface area contributed by atoms with Crippen LogP contribution < -0.4 is 113 Å². The van der Waals surface area contributed by atoms with Gasteiger partial charge in [0.2, 0.25) is 112 Å². The molecule has 6 aromatic rings. The van der Waals surface area contributed by atoms with E-state index >= 15 is 33.6 Å². The number of aliphatic hydroxyl groups is 3. The van der Waals surface area contributed by atoms with Crippen molar-refractivity contribution < 1.29 is 132 Å². The first-order valence-corrected chi connectivity index (χ1v) is 48.5. The maximum absolute atomic E-state index is 15.5. The van der Waals surface area contributed by atoms with Crippen LogP contribution in [0, 0.1) is 11.8 Å². The molecule has 0 aromatic heterocycles. The molecule has 0 aliphatic carbocycles. The zero-order chi connectivity index (χ0) is 111. The van der Waals surface area contributed by atoms with E-state index in [1.807, 2.05) is 13.8 Å². The third-order valence-electron chi connectivity index (χ3n) is 23.3. The number of amides is 19. The lowest BCUT2D eigenvalue weighted by Gasteiger charge is -2.30. The van der Waals surface area contributed by atoms with Gasteiger partial charge in [-0.1, -0.05) is 142 Å². The fourth-order valence-electron chi connectivity index (χ4n) is 15.1. The van der Waals surface area contributed by atoms with Crippen LogP contribution >= 0.6 is 11.6 Å². The van der Waals surface area contributed by atoms with Crippen LogP contribution in [0.25, 0.3) is 0 Å². The van der Waals surface area contributed by atoms with Gasteiger partial charge in [-0.05, 0) is 192 Å². The third kappa shape index (κ3) is 38.3. The summed E-state index contributed by atoms with van der Waals surface area (Å²) in [5, 5.41) is 130. The zero-order valence-corrected chi connectivity index (χ0v) is 84.5. The Bertz CT molecular complexity index is 5780. The van der Waals surface area contributed by atoms with Crippen molar-refractivity contribution in [3.05, 3.63) is 208 Å². The van der Waals surface area contributed by atoms with Crippen molar-refractivity contribution in [3.8, 4) is 28.7 Å². The Hall–Kier alpha value is -16.2. The van der Waals surface area contributed by atoms with Gasteiger partial charge < -0.3 is 154 Å². The summed E-state index contributed by atoms with van der Waals surface area (Å²) in [4.78, 5) is 278. The molecule has 1 heterocycles. The first-order chi connectivity index (χ1) is 70.9. The van der Waals surface area contributed by atoms with Crippen LogP contribution in [0.2, 0.25) is 5.02 Å². The summed E-state index contributed by atoms with van der Waals surface area (Å²) in [5.74, 6) is -25.2. The summed E-state index contributed by atoms with van der Waals surface area (Å²) in [7, 11) is 0. The fraction of sp³-hybridized carbons (Fsp3) is 0.416. The summed E-state index contributed by atoms with van der Waals surface area (Å²) < 4.78 is 0. The number of nitrogens with one attached hydrogen (secondary N) is 18. The second-order valence-electron chi connectivity index (χ2n) is 36.6. The van der Waals surface area contributed by atoms with Gasteiger partial charge in [0.05, 0.1) is 36.3 Å². The van der Waals surface area contributed by atoms with Crippen LogP contribution in [0.1, 0.15) is 171 Å². The van der Waals surface area contributed by atoms with Crippen LogP contribution in [0.15, 0.2) is 170 Å². The van der Waals surface area contributed by atoms with E-state index in [1.165, 1.54) is 24.3 Å². The number of hydrogen-bond acceptors (Lipinski definition) is 29. The summed E-state index contributed by atoms with van der Waals surface area (Å²) in [5.41, 5.74) is 17.1. The van der Waals surface area contributed by atoms with Crippen LogP contribution in [0.3, 0.4) is 0 Å². The number of primary amides is 1. The molecule has 49 heteroatoms. The number of carbonyl (C=O) groups is 19. The largest absolute Gasteiger partial charge is 0.508 e. The minimum Gasteiger partial charge on any atom is -0.508 e. The number of halogens is 1. The lowest BCUT2D eigenvalue weighted by molar-refractivity contribution is -0.138. The Morgan fingerprint density at radius 2 is 0.780 bits per heavy atom. The minimum atomic E-state index is -2.21. The summed E-state index contributed by atoms with van der Waals surface area (Å²) in [6.07, 6.45) is -1.70. The van der Waals surface area contributed by atoms with Gasteiger partial charge in [0.1, 0.15) is 125 Å². The zero-order valence-electron chi connectivity index (χ0n) is 83.7. The van der Waals surface area contributed by atoms with E-state index in [0.717, 1.165) is 144 Å². The molecule has 810 valence electrons. The van der Waals surface area contributed by atoms with Crippen molar-refractivity contribution in [3.63, 3.8) is 0 Å². The highest BCUT2D eigenvalue weighted by atomic mass is 35.5. The van der Waals surface area contributed by atoms with E-state index in [-0.39, 0.29) is 96.2 Å². The van der Waals surface area contributed by atoms with Gasteiger partial charge in [0.25, 0.3) is 0 Å². The van der Waals surface area contributed by atoms with Crippen LogP contribution in [-0.4, -0.2) is 264 Å². The number of allylic oxidation sites excluding steroid dienone is 3. The number of benzene rings is 6. The average molecular weight is 2110 g/mol. The molecule has 6 aromatic carbocycles. The van der Waals surface area contributed by atoms with Crippen molar-refractivity contribution in [2.24, 2.45) is 29.0 Å². The van der Waals surface area contributed by atoms with E-state index in [9.17, 15) is 98.4 Å². The van der Waals surface area contributed by atoms with Crippen molar-refractivity contribution in [1.29, 1.82) is 0 Å². The summed E-state index contributed by atoms with van der Waals surface area (Å²) >= 11 is 6.41. The maximum atomic E-state index is 15.5. The van der Waals surface area contributed by atoms with E-state index in [2.05, 4.69) is 95.7 Å². The van der Waals surface area contributed by atoms with E-state index in [0.29, 0.717) is 12.0 Å². The van der Waals surface area contributed by atoms with Crippen molar-refractivity contribution in [2.75, 3.05) is 26.2 Å². The Labute approximate surface area is 868 Å². The standard InChI is InChI=1S/C101H132ClN21O27/c1-50(2)18-12-10-15-23-76(133)110-72(47-75(105)132)92(141)115-73-48-106-95(144)85(62-32-41-74(131)67(102)46-62)119-87(136)53(6)109-90(139)70(44-51(3)4)111-77(134)49-107-94(143)81(58-24-33-63(127)34-25-58)121-97(146)79(55(8)125)116-86(135)52(5)108-88(137)68(21-16-42-103)112-91(140)71(45-57-19-13-11-14-20-57)114-96(145)78(54(7)124)118-100(149)83(60-28-37-65(129)38-29-60)123-101(150)84(61-30-39-66(130)40-31-61)122-98(147)80(56(9)126)117-89(138)69(22-17-43-104)113-99(148)82(120-93(73)142)59-26-35-64(128)36-27-59/h10-15,19-20,23-41,46,50-56,68-73,78-85,124-131H,16-18,21-22,42-45,47-49,103-104H2,1-9H3,(H2,105,132)(H,106,144)(H,107,143)(H,108,137)(H,109,139)(H,110,133)(H,111,134)(H,112,140)(H,113,148)(H,114,145)(H,115,141)(H,116,135)(H,117,138)(H,118,149)(H,119,136)(H,120,142)(H,121,146)(H,122,147)(H,123,150)/b12-10+,23-15+/t52-,53+,54-,55+,56+,68+,69+,70-,71-,72-,73-,78-,79+,80+,81-,82+,83+,84-,85-/m0/s1. The molecular weight excluding hydrogens is 1970 g/mol. The number of carbonyl (C=O) groups excluding carboxylic acids is 19. The summed E-state index contributed by atoms with van der Waals surface area (Å²) in [6, 6.07) is -1.18. The number of phenols is 5. The number of nitrogens with two attached hydrogens (primary N) is 3. The molecule has 150 heavy (non-hydrogen) atoms. The molecule has 0 bridgehead atoms. The topological polar surface area (TPSA) is 781 Å². The molecule has 19 atom stereocenters. The first kappa shape index (κ1) is 121. The quantitative estimate of drug-likeness (QED) is 0.0181. The van der Waals surface area contributed by atoms with Crippen molar-refractivity contribution in [1.82, 2.24) is 95.7 Å². The number of rotatable bonds is 27. The second kappa shape index (κ2) is 59.0. The number of hydrogen-bond donors (Lipinski definition) is 29. The molecule has 7 rings (SSSR count). The van der Waals surface area contributed by atoms with Gasteiger partial charge in [0.15, 0.2) is 0 Å². The van der Waals surface area contributed by atoms with Crippen LogP contribution in [-0.2, 0) is 97.5 Å². The monoisotopic (exact) mass is 2110 g/mol. The number of aliphatic hydroxyl groups excluding tert-OH is 3. The predicted octanol–water partition coefficient (Wildman–Crippen LogP) is -2.98. The van der Waals surface area contributed by atoms with E-state index < -0.39 is 276 Å². The highest BCUT2D eigenvalue weighted by molar-refractivity contribution is 6.32. The Balaban J connectivity index is 1.35. The molecule has 32 N–H and O–H groups in total. The van der Waals surface area contributed by atoms with Gasteiger partial charge in [0, 0.05) is 19.0 Å². The molecule has 0 unspecified atom stereocenters. The van der Waals surface area contributed by atoms with Gasteiger partial charge in [-0.2, -0.15) is 0 Å². The molecule has 48 nitrogen and oxygen atoms in total. The molecule has 1 saturated heterocycles. The van der Waals surface area contributed by atoms with Crippen molar-refractivity contribution >= 4 is 124 Å². The lowest BCUT2D eigenvalue weighted by Crippen LogP contribution is -2.61. The second-order valence-corrected chi connectivity index (χ2v) is 37.0. The summed E-state index contributed by atoms with van der Waals surface area (Å²) in [6.45, 7) is 10.3. The van der Waals surface area contributed by atoms with Gasteiger partial charge in [-0.3, -0.25) is 91.1 Å². The maximum Gasteiger partial charge on any atom is 0.248 e. The molecule has 19 amide bonds. The predicted molar refractivity (Wildman–Crippen MR) is 541 cm³/mol. The van der Waals surface area contributed by atoms with Gasteiger partial charge in [-0.15, -0.1) is 0 Å². The normalized spacial score (nSPS) is 23.5. The Kier molecular flexibility index (Phi) is 47.5. The Morgan fingerprint density at radius 1 is 0.407 bits per heavy atom. The molecule has 1 aliphatic heterocycles. The number of phenolic OH excluding ortho intramolecular Hbond substituents is 5. The van der Waals surface area contributed by atoms with E-state index in [4.69, 9.17) is 28.8 Å². The molecule has 0 saturated carbocycles. The highest BCUT2D eigenvalue weighted by Crippen LogP contribution is 2.30. The van der Waals surface area contributed by atoms with Crippen LogP contribution in [0.5, 0.6) is 28.7 Å². The highest BCUT2D eigenvalue weighted by Gasteiger charge is 2.42. The molecule has 0 radical (unpaired) electrons. The molecular formula is C101H132ClN21O27. The molecule has 0 spiro atoms. The minimum absolute atomic E-state index is 0.0268. The third-order valence-corrected chi connectivity index (χ3v) is 23.6. The lowest BCUT2D eigenvalue weighted by atomic mass is 10.0. The Morgan fingerprint density at radius 3 is 1.23 bits per heavy atom. The first-order valence-electron chi connectivity index (χ1n) is 48.1. The van der Waals surface area contributed by atoms with Gasteiger partial charge in [-0.25, -0.2) is 0 Å². The SMILES string of the molecule is CC(C)C/C=C/C=C/C(=O)N[C@@H](CC(N)=O)C(=O)N[C@H]1CNC(=O)[C@H](c2ccc(O)c(Cl)c2)NC(=O)[C@@H](C)NC(=O)[C@H](CC(C)C)NC(=O)CNC(=O)[C@H](c2ccc(O)cc2)NC(=O)[C@@H]([C@@H](C)O)NC(=O)[C@H](C)NC(=O)[C@@H](CCCN)NC(=O)[C@H](Cc2ccccc2)NC(=O)[C@H]([C@H](C)O)NC(=O)[C@@H](c2ccc(O)cc2)NC(=O)[C@H](c2ccc(O)cc2)NC(=O)[C@@H]([C@@H](C)O)NC(=O)[C@@H](CCCN)NC(=O)[C@@H](c2ccc(O)cc2)NC1=O. The van der Waals surface area contributed by atoms with Gasteiger partial charge >= 0.3 is 0 Å². The van der Waals surface area contributed by atoms with Crippen LogP contribution in [0.4, 0.5) is 0 Å². The number of aromatic hydroxyl groups is 5. The smallest absolute Gasteiger partial charge is 0.248 e. The molecule has 1 aliphatic rings. The fourth-order valence-corrected chi connectivity index (χ4v) is 15.2. The average Bonchev–Trinajstić information content (AvgIpc) is 0.815.